The summed E-state index contributed by atoms with van der Waals surface area (Å²) in [4.78, 5) is 9.00. The lowest BCUT2D eigenvalue weighted by Gasteiger charge is -2.30. The third kappa shape index (κ3) is 4.01. The number of thioether (sulfide) groups is 1. The van der Waals surface area contributed by atoms with Gasteiger partial charge in [-0.05, 0) is 31.4 Å². The molecule has 0 aromatic carbocycles. The van der Waals surface area contributed by atoms with E-state index in [-0.39, 0.29) is 0 Å². The van der Waals surface area contributed by atoms with Crippen molar-refractivity contribution in [3.05, 3.63) is 6.07 Å². The van der Waals surface area contributed by atoms with Crippen molar-refractivity contribution in [3.63, 3.8) is 0 Å². The molecule has 0 saturated heterocycles. The van der Waals surface area contributed by atoms with Crippen LogP contribution in [0.5, 0.6) is 0 Å². The van der Waals surface area contributed by atoms with E-state index in [1.54, 1.807) is 11.8 Å². The van der Waals surface area contributed by atoms with Crippen molar-refractivity contribution in [1.29, 1.82) is 0 Å². The van der Waals surface area contributed by atoms with Crippen molar-refractivity contribution < 1.29 is 0 Å². The zero-order valence-corrected chi connectivity index (χ0v) is 13.6. The largest absolute Gasteiger partial charge is 0.373 e. The molecule has 1 fully saturated rings. The van der Waals surface area contributed by atoms with Gasteiger partial charge in [0.15, 0.2) is 5.16 Å². The average Bonchev–Trinajstić information content (AvgIpc) is 2.53. The van der Waals surface area contributed by atoms with Crippen molar-refractivity contribution in [2.45, 2.75) is 56.6 Å². The van der Waals surface area contributed by atoms with Gasteiger partial charge in [-0.3, -0.25) is 0 Å². The van der Waals surface area contributed by atoms with Crippen LogP contribution in [0.15, 0.2) is 11.2 Å². The molecule has 4 nitrogen and oxygen atoms in total. The highest BCUT2D eigenvalue weighted by Crippen LogP contribution is 2.29. The lowest BCUT2D eigenvalue weighted by atomic mass is 9.83. The molecule has 1 aliphatic rings. The first-order valence-corrected chi connectivity index (χ1v) is 8.86. The van der Waals surface area contributed by atoms with Gasteiger partial charge in [-0.15, -0.1) is 0 Å². The van der Waals surface area contributed by atoms with Crippen LogP contribution in [0.4, 0.5) is 11.6 Å². The molecule has 0 radical (unpaired) electrons. The van der Waals surface area contributed by atoms with E-state index in [0.717, 1.165) is 29.1 Å². The number of nitrogens with one attached hydrogen (secondary N) is 2. The summed E-state index contributed by atoms with van der Waals surface area (Å²) >= 11 is 1.58. The average molecular weight is 294 g/mol. The molecule has 1 unspecified atom stereocenters. The van der Waals surface area contributed by atoms with E-state index in [0.29, 0.717) is 6.04 Å². The van der Waals surface area contributed by atoms with E-state index in [2.05, 4.69) is 27.5 Å². The maximum absolute atomic E-state index is 4.58. The van der Waals surface area contributed by atoms with Crippen LogP contribution < -0.4 is 10.6 Å². The van der Waals surface area contributed by atoms with Gasteiger partial charge < -0.3 is 10.6 Å². The van der Waals surface area contributed by atoms with Crippen molar-refractivity contribution in [3.8, 4) is 0 Å². The minimum atomic E-state index is 0.532. The molecule has 5 heteroatoms. The van der Waals surface area contributed by atoms with Crippen molar-refractivity contribution in [1.82, 2.24) is 9.97 Å². The van der Waals surface area contributed by atoms with Gasteiger partial charge in [0.05, 0.1) is 0 Å². The molecule has 0 aliphatic heterocycles. The monoisotopic (exact) mass is 294 g/mol. The third-order valence-corrected chi connectivity index (χ3v) is 4.68. The summed E-state index contributed by atoms with van der Waals surface area (Å²) in [7, 11) is 1.90. The minimum absolute atomic E-state index is 0.532. The maximum atomic E-state index is 4.58. The normalized spacial score (nSPS) is 17.8. The highest BCUT2D eigenvalue weighted by atomic mass is 32.2. The van der Waals surface area contributed by atoms with Crippen molar-refractivity contribution in [2.24, 2.45) is 5.92 Å². The fourth-order valence-electron chi connectivity index (χ4n) is 3.00. The summed E-state index contributed by atoms with van der Waals surface area (Å²) in [6.07, 6.45) is 10.0. The highest BCUT2D eigenvalue weighted by Gasteiger charge is 2.22. The Morgan fingerprint density at radius 1 is 1.25 bits per heavy atom. The SMILES string of the molecule is CCC(Nc1cc(NC)nc(SC)n1)C1CCCCC1. The topological polar surface area (TPSA) is 49.8 Å². The number of nitrogens with zero attached hydrogens (tertiary/aromatic N) is 2. The summed E-state index contributed by atoms with van der Waals surface area (Å²) in [5.74, 6) is 2.62. The first-order chi connectivity index (χ1) is 9.76. The fourth-order valence-corrected chi connectivity index (χ4v) is 3.38. The Morgan fingerprint density at radius 2 is 1.95 bits per heavy atom. The van der Waals surface area contributed by atoms with Gasteiger partial charge in [0.1, 0.15) is 11.6 Å². The van der Waals surface area contributed by atoms with Crippen molar-refractivity contribution in [2.75, 3.05) is 23.9 Å². The molecule has 1 heterocycles. The maximum Gasteiger partial charge on any atom is 0.191 e. The summed E-state index contributed by atoms with van der Waals surface area (Å²) in [6, 6.07) is 2.54. The first-order valence-electron chi connectivity index (χ1n) is 7.64. The molecule has 20 heavy (non-hydrogen) atoms. The zero-order valence-electron chi connectivity index (χ0n) is 12.8. The molecule has 0 spiro atoms. The molecule has 1 saturated carbocycles. The molecular formula is C15H26N4S. The van der Waals surface area contributed by atoms with Gasteiger partial charge in [-0.1, -0.05) is 37.9 Å². The second kappa shape index (κ2) is 7.72. The Kier molecular flexibility index (Phi) is 5.95. The Hall–Kier alpha value is -0.970. The number of anilines is 2. The van der Waals surface area contributed by atoms with Gasteiger partial charge in [-0.2, -0.15) is 0 Å². The lowest BCUT2D eigenvalue weighted by Crippen LogP contribution is -2.30. The Bertz CT molecular complexity index is 396. The van der Waals surface area contributed by atoms with E-state index in [9.17, 15) is 0 Å². The fraction of sp³-hybridized carbons (Fsp3) is 0.733. The molecule has 1 atom stereocenters. The molecule has 1 aromatic heterocycles. The molecule has 0 bridgehead atoms. The van der Waals surface area contributed by atoms with Crippen LogP contribution in [0.25, 0.3) is 0 Å². The molecular weight excluding hydrogens is 268 g/mol. The number of hydrogen-bond donors (Lipinski definition) is 2. The van der Waals surface area contributed by atoms with Crippen LogP contribution in [0.2, 0.25) is 0 Å². The van der Waals surface area contributed by atoms with Gasteiger partial charge in [0, 0.05) is 19.2 Å². The molecule has 0 amide bonds. The predicted molar refractivity (Wildman–Crippen MR) is 87.6 cm³/mol. The molecule has 2 N–H and O–H groups in total. The second-order valence-corrected chi connectivity index (χ2v) is 6.21. The van der Waals surface area contributed by atoms with E-state index < -0.39 is 0 Å². The van der Waals surface area contributed by atoms with Gasteiger partial charge >= 0.3 is 0 Å². The molecule has 112 valence electrons. The van der Waals surface area contributed by atoms with Gasteiger partial charge in [0.2, 0.25) is 0 Å². The molecule has 2 rings (SSSR count). The third-order valence-electron chi connectivity index (χ3n) is 4.14. The summed E-state index contributed by atoms with van der Waals surface area (Å²) in [5.41, 5.74) is 0. The number of hydrogen-bond acceptors (Lipinski definition) is 5. The summed E-state index contributed by atoms with van der Waals surface area (Å²) in [6.45, 7) is 2.27. The van der Waals surface area contributed by atoms with Crippen LogP contribution in [-0.4, -0.2) is 29.3 Å². The second-order valence-electron chi connectivity index (χ2n) is 5.43. The highest BCUT2D eigenvalue weighted by molar-refractivity contribution is 7.98. The Labute approximate surface area is 126 Å². The zero-order chi connectivity index (χ0) is 14.4. The van der Waals surface area contributed by atoms with Gasteiger partial charge in [0.25, 0.3) is 0 Å². The molecule has 1 aromatic rings. The summed E-state index contributed by atoms with van der Waals surface area (Å²) in [5, 5.41) is 7.57. The predicted octanol–water partition coefficient (Wildman–Crippen LogP) is 4.01. The van der Waals surface area contributed by atoms with Crippen LogP contribution in [-0.2, 0) is 0 Å². The standard InChI is InChI=1S/C15H26N4S/c1-4-12(11-8-6-5-7-9-11)17-14-10-13(16-2)18-15(19-14)20-3/h10-12H,4-9H2,1-3H3,(H2,16,17,18,19). The number of rotatable bonds is 6. The first kappa shape index (κ1) is 15.4. The van der Waals surface area contributed by atoms with Crippen LogP contribution in [0, 0.1) is 5.92 Å². The van der Waals surface area contributed by atoms with E-state index >= 15 is 0 Å². The van der Waals surface area contributed by atoms with Gasteiger partial charge in [-0.25, -0.2) is 9.97 Å². The lowest BCUT2D eigenvalue weighted by molar-refractivity contribution is 0.312. The van der Waals surface area contributed by atoms with E-state index in [1.165, 1.54) is 32.1 Å². The minimum Gasteiger partial charge on any atom is -0.373 e. The molecule has 1 aliphatic carbocycles. The van der Waals surface area contributed by atoms with Crippen molar-refractivity contribution >= 4 is 23.4 Å². The van der Waals surface area contributed by atoms with Crippen LogP contribution in [0.1, 0.15) is 45.4 Å². The smallest absolute Gasteiger partial charge is 0.191 e. The van der Waals surface area contributed by atoms with E-state index in [4.69, 9.17) is 0 Å². The summed E-state index contributed by atoms with van der Waals surface area (Å²) < 4.78 is 0. The Morgan fingerprint density at radius 3 is 2.55 bits per heavy atom. The Balaban J connectivity index is 2.09. The van der Waals surface area contributed by atoms with Crippen LogP contribution in [0.3, 0.4) is 0 Å². The quantitative estimate of drug-likeness (QED) is 0.613. The van der Waals surface area contributed by atoms with E-state index in [1.807, 2.05) is 19.4 Å². The number of aromatic nitrogens is 2. The van der Waals surface area contributed by atoms with Crippen LogP contribution >= 0.6 is 11.8 Å².